The van der Waals surface area contributed by atoms with Gasteiger partial charge in [-0.15, -0.1) is 0 Å². The lowest BCUT2D eigenvalue weighted by Crippen LogP contribution is -2.13. The van der Waals surface area contributed by atoms with E-state index in [1.807, 2.05) is 24.3 Å². The van der Waals surface area contributed by atoms with E-state index in [4.69, 9.17) is 4.74 Å². The molecule has 0 bridgehead atoms. The van der Waals surface area contributed by atoms with E-state index in [-0.39, 0.29) is 5.91 Å². The first kappa shape index (κ1) is 17.7. The number of hydrogen-bond acceptors (Lipinski definition) is 4. The van der Waals surface area contributed by atoms with Crippen LogP contribution in [0.5, 0.6) is 5.75 Å². The van der Waals surface area contributed by atoms with Crippen LogP contribution in [0.2, 0.25) is 0 Å². The van der Waals surface area contributed by atoms with Gasteiger partial charge in [-0.3, -0.25) is 9.48 Å². The number of hydrogen-bond donors (Lipinski definition) is 1. The van der Waals surface area contributed by atoms with Gasteiger partial charge in [0.25, 0.3) is 5.91 Å². The van der Waals surface area contributed by atoms with Gasteiger partial charge in [0.1, 0.15) is 11.6 Å². The Hall–Kier alpha value is -3.74. The molecule has 0 saturated carbocycles. The molecular weight excluding hydrogens is 359 g/mol. The van der Waals surface area contributed by atoms with Gasteiger partial charge in [-0.05, 0) is 36.4 Å². The molecule has 2 aromatic heterocycles. The molecule has 0 aliphatic carbocycles. The van der Waals surface area contributed by atoms with E-state index in [1.54, 1.807) is 37.2 Å². The Kier molecular flexibility index (Phi) is 4.49. The number of fused-ring (bicyclic) bond motifs is 1. The zero-order valence-corrected chi connectivity index (χ0v) is 15.3. The number of pyridine rings is 1. The number of amides is 1. The molecular formula is C21H17FN4O2. The van der Waals surface area contributed by atoms with Crippen molar-refractivity contribution in [2.45, 2.75) is 0 Å². The molecule has 2 heterocycles. The Labute approximate surface area is 160 Å². The molecule has 2 aromatic carbocycles. The Morgan fingerprint density at radius 2 is 1.96 bits per heavy atom. The van der Waals surface area contributed by atoms with E-state index in [2.05, 4.69) is 15.4 Å². The number of anilines is 1. The van der Waals surface area contributed by atoms with Crippen molar-refractivity contribution in [3.05, 3.63) is 72.2 Å². The zero-order chi connectivity index (χ0) is 19.7. The summed E-state index contributed by atoms with van der Waals surface area (Å²) >= 11 is 0. The van der Waals surface area contributed by atoms with E-state index < -0.39 is 5.82 Å². The molecule has 1 amide bonds. The van der Waals surface area contributed by atoms with Crippen molar-refractivity contribution in [1.29, 1.82) is 0 Å². The predicted molar refractivity (Wildman–Crippen MR) is 105 cm³/mol. The van der Waals surface area contributed by atoms with Gasteiger partial charge in [-0.2, -0.15) is 5.10 Å². The summed E-state index contributed by atoms with van der Waals surface area (Å²) in [5, 5.41) is 7.56. The van der Waals surface area contributed by atoms with E-state index >= 15 is 0 Å². The molecule has 0 unspecified atom stereocenters. The first-order valence-corrected chi connectivity index (χ1v) is 8.60. The van der Waals surface area contributed by atoms with E-state index in [1.165, 1.54) is 18.2 Å². The normalized spacial score (nSPS) is 10.8. The Balaban J connectivity index is 1.84. The highest BCUT2D eigenvalue weighted by Crippen LogP contribution is 2.31. The smallest absolute Gasteiger partial charge is 0.256 e. The number of aryl methyl sites for hydroxylation is 1. The van der Waals surface area contributed by atoms with Crippen molar-refractivity contribution < 1.29 is 13.9 Å². The lowest BCUT2D eigenvalue weighted by Gasteiger charge is -2.11. The van der Waals surface area contributed by atoms with Gasteiger partial charge in [0.15, 0.2) is 5.65 Å². The molecule has 4 rings (SSSR count). The first-order chi connectivity index (χ1) is 13.6. The number of methoxy groups -OCH3 is 1. The van der Waals surface area contributed by atoms with Crippen molar-refractivity contribution in [3.63, 3.8) is 0 Å². The summed E-state index contributed by atoms with van der Waals surface area (Å²) in [4.78, 5) is 17.6. The van der Waals surface area contributed by atoms with Crippen LogP contribution in [-0.2, 0) is 7.05 Å². The van der Waals surface area contributed by atoms with Gasteiger partial charge in [0, 0.05) is 18.3 Å². The second kappa shape index (κ2) is 7.11. The van der Waals surface area contributed by atoms with E-state index in [0.717, 1.165) is 5.56 Å². The van der Waals surface area contributed by atoms with Crippen molar-refractivity contribution in [3.8, 4) is 17.0 Å². The number of nitrogens with zero attached hydrogens (tertiary/aromatic N) is 3. The Bertz CT molecular complexity index is 1190. The fourth-order valence-electron chi connectivity index (χ4n) is 3.06. The maximum absolute atomic E-state index is 13.5. The average molecular weight is 376 g/mol. The van der Waals surface area contributed by atoms with Gasteiger partial charge in [-0.25, -0.2) is 9.37 Å². The molecule has 0 fully saturated rings. The molecule has 28 heavy (non-hydrogen) atoms. The molecule has 0 atom stereocenters. The van der Waals surface area contributed by atoms with Gasteiger partial charge >= 0.3 is 0 Å². The van der Waals surface area contributed by atoms with Crippen LogP contribution < -0.4 is 10.1 Å². The molecule has 4 aromatic rings. The largest absolute Gasteiger partial charge is 0.496 e. The number of carbonyl (C=O) groups is 1. The summed E-state index contributed by atoms with van der Waals surface area (Å²) in [5.41, 5.74) is 2.67. The van der Waals surface area contributed by atoms with Crippen molar-refractivity contribution in [2.24, 2.45) is 7.05 Å². The molecule has 7 heteroatoms. The minimum atomic E-state index is -0.422. The number of nitrogens with one attached hydrogen (secondary N) is 1. The first-order valence-electron chi connectivity index (χ1n) is 8.60. The lowest BCUT2D eigenvalue weighted by molar-refractivity contribution is 0.102. The zero-order valence-electron chi connectivity index (χ0n) is 15.3. The van der Waals surface area contributed by atoms with Crippen LogP contribution in [-0.4, -0.2) is 27.8 Å². The summed E-state index contributed by atoms with van der Waals surface area (Å²) in [6.45, 7) is 0. The molecule has 1 N–H and O–H groups in total. The Morgan fingerprint density at radius 1 is 1.14 bits per heavy atom. The SMILES string of the molecule is COc1ccccc1-c1cc(C(=O)Nc2cccc(F)c2)c2cnn(C)c2n1. The van der Waals surface area contributed by atoms with Crippen molar-refractivity contribution in [2.75, 3.05) is 12.4 Å². The molecule has 0 radical (unpaired) electrons. The molecule has 140 valence electrons. The van der Waals surface area contributed by atoms with Crippen LogP contribution >= 0.6 is 0 Å². The summed E-state index contributed by atoms with van der Waals surface area (Å²) in [6, 6.07) is 14.9. The monoisotopic (exact) mass is 376 g/mol. The summed E-state index contributed by atoms with van der Waals surface area (Å²) < 4.78 is 20.5. The van der Waals surface area contributed by atoms with Crippen LogP contribution in [0.25, 0.3) is 22.3 Å². The number of rotatable bonds is 4. The minimum absolute atomic E-state index is 0.373. The minimum Gasteiger partial charge on any atom is -0.496 e. The second-order valence-electron chi connectivity index (χ2n) is 6.23. The van der Waals surface area contributed by atoms with E-state index in [9.17, 15) is 9.18 Å². The maximum atomic E-state index is 13.5. The van der Waals surface area contributed by atoms with Crippen LogP contribution in [0, 0.1) is 5.82 Å². The van der Waals surface area contributed by atoms with Gasteiger partial charge in [0.05, 0.1) is 30.0 Å². The van der Waals surface area contributed by atoms with Crippen LogP contribution in [0.3, 0.4) is 0 Å². The van der Waals surface area contributed by atoms with Crippen molar-refractivity contribution in [1.82, 2.24) is 14.8 Å². The van der Waals surface area contributed by atoms with Gasteiger partial charge in [0.2, 0.25) is 0 Å². The van der Waals surface area contributed by atoms with Crippen LogP contribution in [0.4, 0.5) is 10.1 Å². The molecule has 0 aliphatic rings. The molecule has 6 nitrogen and oxygen atoms in total. The highest BCUT2D eigenvalue weighted by Gasteiger charge is 2.18. The topological polar surface area (TPSA) is 69.0 Å². The number of carbonyl (C=O) groups excluding carboxylic acids is 1. The standard InChI is InChI=1S/C21H17FN4O2/c1-26-20-17(12-23-26)16(21(27)24-14-7-5-6-13(22)10-14)11-18(25-20)15-8-3-4-9-19(15)28-2/h3-12H,1-2H3,(H,24,27). The number of benzene rings is 2. The fourth-order valence-corrected chi connectivity index (χ4v) is 3.06. The number of ether oxygens (including phenoxy) is 1. The third-order valence-corrected chi connectivity index (χ3v) is 4.42. The number of para-hydroxylation sites is 1. The fraction of sp³-hybridized carbons (Fsp3) is 0.0952. The third kappa shape index (κ3) is 3.18. The number of aromatic nitrogens is 3. The molecule has 0 aliphatic heterocycles. The van der Waals surface area contributed by atoms with Crippen LogP contribution in [0.1, 0.15) is 10.4 Å². The van der Waals surface area contributed by atoms with Gasteiger partial charge < -0.3 is 10.1 Å². The summed E-state index contributed by atoms with van der Waals surface area (Å²) in [6.07, 6.45) is 1.59. The molecule has 0 spiro atoms. The second-order valence-corrected chi connectivity index (χ2v) is 6.23. The average Bonchev–Trinajstić information content (AvgIpc) is 3.08. The maximum Gasteiger partial charge on any atom is 0.256 e. The predicted octanol–water partition coefficient (Wildman–Crippen LogP) is 4.04. The molecule has 0 saturated heterocycles. The lowest BCUT2D eigenvalue weighted by atomic mass is 10.1. The van der Waals surface area contributed by atoms with Crippen molar-refractivity contribution >= 4 is 22.6 Å². The Morgan fingerprint density at radius 3 is 2.75 bits per heavy atom. The van der Waals surface area contributed by atoms with E-state index in [0.29, 0.717) is 33.7 Å². The number of halogens is 1. The highest BCUT2D eigenvalue weighted by molar-refractivity contribution is 6.12. The third-order valence-electron chi connectivity index (χ3n) is 4.42. The summed E-state index contributed by atoms with van der Waals surface area (Å²) in [7, 11) is 3.34. The van der Waals surface area contributed by atoms with Gasteiger partial charge in [-0.1, -0.05) is 18.2 Å². The van der Waals surface area contributed by atoms with Crippen LogP contribution in [0.15, 0.2) is 60.8 Å². The highest BCUT2D eigenvalue weighted by atomic mass is 19.1. The summed E-state index contributed by atoms with van der Waals surface area (Å²) in [5.74, 6) is -0.149. The quantitative estimate of drug-likeness (QED) is 0.584.